The minimum absolute atomic E-state index is 0.0647. The van der Waals surface area contributed by atoms with Crippen LogP contribution < -0.4 is 5.73 Å². The van der Waals surface area contributed by atoms with E-state index >= 15 is 0 Å². The molecule has 74 valence electrons. The van der Waals surface area contributed by atoms with Gasteiger partial charge >= 0.3 is 0 Å². The molecule has 1 aromatic carbocycles. The molecular formula is C10H10BrNO2. The summed E-state index contributed by atoms with van der Waals surface area (Å²) in [6.07, 6.45) is 0.275. The third-order valence-electron chi connectivity index (χ3n) is 1.75. The summed E-state index contributed by atoms with van der Waals surface area (Å²) in [5.41, 5.74) is 5.55. The number of nitrogens with two attached hydrogens (primary N) is 1. The van der Waals surface area contributed by atoms with E-state index in [2.05, 4.69) is 15.9 Å². The first-order valence-electron chi connectivity index (χ1n) is 4.16. The molecule has 0 aliphatic carbocycles. The average Bonchev–Trinajstić information content (AvgIpc) is 2.14. The summed E-state index contributed by atoms with van der Waals surface area (Å²) in [6.45, 7) is 0. The number of benzene rings is 1. The van der Waals surface area contributed by atoms with Crippen LogP contribution in [0.4, 0.5) is 0 Å². The van der Waals surface area contributed by atoms with E-state index in [1.165, 1.54) is 0 Å². The Balaban J connectivity index is 2.65. The number of amides is 1. The van der Waals surface area contributed by atoms with Crippen LogP contribution in [0.5, 0.6) is 0 Å². The second-order valence-electron chi connectivity index (χ2n) is 2.90. The highest BCUT2D eigenvalue weighted by molar-refractivity contribution is 9.10. The van der Waals surface area contributed by atoms with Crippen LogP contribution in [0.2, 0.25) is 0 Å². The third kappa shape index (κ3) is 3.30. The molecule has 0 aliphatic rings. The lowest BCUT2D eigenvalue weighted by molar-refractivity contribution is -0.117. The largest absolute Gasteiger partial charge is 0.370 e. The van der Waals surface area contributed by atoms with Crippen LogP contribution in [0.25, 0.3) is 0 Å². The number of carbonyl (C=O) groups excluding carboxylic acids is 2. The van der Waals surface area contributed by atoms with E-state index in [9.17, 15) is 9.59 Å². The fourth-order valence-electron chi connectivity index (χ4n) is 1.04. The van der Waals surface area contributed by atoms with Gasteiger partial charge in [0.15, 0.2) is 5.78 Å². The molecule has 0 aliphatic heterocycles. The fraction of sp³-hybridized carbons (Fsp3) is 0.200. The molecule has 0 aromatic heterocycles. The van der Waals surface area contributed by atoms with Gasteiger partial charge in [-0.1, -0.05) is 28.1 Å². The highest BCUT2D eigenvalue weighted by atomic mass is 79.9. The number of Topliss-reactive ketones (excluding diaryl/α,β-unsaturated/α-hetero) is 1. The van der Waals surface area contributed by atoms with Crippen LogP contribution in [0, 0.1) is 0 Å². The van der Waals surface area contributed by atoms with Gasteiger partial charge in [-0.25, -0.2) is 0 Å². The van der Waals surface area contributed by atoms with Gasteiger partial charge in [-0.2, -0.15) is 0 Å². The Hall–Kier alpha value is -1.16. The van der Waals surface area contributed by atoms with Crippen molar-refractivity contribution >= 4 is 27.6 Å². The van der Waals surface area contributed by atoms with E-state index in [-0.39, 0.29) is 18.6 Å². The van der Waals surface area contributed by atoms with E-state index in [0.717, 1.165) is 4.47 Å². The zero-order valence-electron chi connectivity index (χ0n) is 7.50. The molecule has 2 N–H and O–H groups in total. The van der Waals surface area contributed by atoms with Gasteiger partial charge in [0.05, 0.1) is 0 Å². The van der Waals surface area contributed by atoms with Crippen molar-refractivity contribution in [3.05, 3.63) is 34.3 Å². The Morgan fingerprint density at radius 3 is 2.57 bits per heavy atom. The number of hydrogen-bond acceptors (Lipinski definition) is 2. The predicted molar refractivity (Wildman–Crippen MR) is 56.9 cm³/mol. The van der Waals surface area contributed by atoms with Gasteiger partial charge in [-0.05, 0) is 12.1 Å². The second kappa shape index (κ2) is 4.91. The van der Waals surface area contributed by atoms with Gasteiger partial charge < -0.3 is 5.73 Å². The van der Waals surface area contributed by atoms with Crippen LogP contribution in [0.15, 0.2) is 28.7 Å². The van der Waals surface area contributed by atoms with Crippen molar-refractivity contribution in [1.82, 2.24) is 0 Å². The van der Waals surface area contributed by atoms with Crippen LogP contribution in [0.3, 0.4) is 0 Å². The van der Waals surface area contributed by atoms with Crippen molar-refractivity contribution < 1.29 is 9.59 Å². The molecule has 0 radical (unpaired) electrons. The standard InChI is InChI=1S/C10H10BrNO2/c11-8-3-1-2-7(6-8)9(13)4-5-10(12)14/h1-3,6H,4-5H2,(H2,12,14). The Bertz CT molecular complexity index is 363. The molecular weight excluding hydrogens is 246 g/mol. The van der Waals surface area contributed by atoms with E-state index in [4.69, 9.17) is 5.73 Å². The highest BCUT2D eigenvalue weighted by Crippen LogP contribution is 2.13. The van der Waals surface area contributed by atoms with Gasteiger partial charge in [0, 0.05) is 22.9 Å². The molecule has 1 aromatic rings. The summed E-state index contributed by atoms with van der Waals surface area (Å²) < 4.78 is 0.849. The Morgan fingerprint density at radius 2 is 2.00 bits per heavy atom. The molecule has 14 heavy (non-hydrogen) atoms. The molecule has 1 rings (SSSR count). The van der Waals surface area contributed by atoms with E-state index < -0.39 is 5.91 Å². The number of ketones is 1. The van der Waals surface area contributed by atoms with Gasteiger partial charge in [-0.3, -0.25) is 9.59 Å². The molecule has 1 amide bonds. The first-order valence-corrected chi connectivity index (χ1v) is 4.96. The summed E-state index contributed by atoms with van der Waals surface area (Å²) in [4.78, 5) is 21.9. The molecule has 0 unspecified atom stereocenters. The lowest BCUT2D eigenvalue weighted by Gasteiger charge is -1.99. The molecule has 0 fully saturated rings. The molecule has 0 bridgehead atoms. The Labute approximate surface area is 90.4 Å². The Kier molecular flexibility index (Phi) is 3.83. The van der Waals surface area contributed by atoms with Crippen LogP contribution in [0.1, 0.15) is 23.2 Å². The maximum atomic E-state index is 11.5. The SMILES string of the molecule is NC(=O)CCC(=O)c1cccc(Br)c1. The minimum Gasteiger partial charge on any atom is -0.370 e. The minimum atomic E-state index is -0.451. The summed E-state index contributed by atoms with van der Waals surface area (Å²) in [5, 5.41) is 0. The van der Waals surface area contributed by atoms with Crippen LogP contribution in [-0.2, 0) is 4.79 Å². The number of rotatable bonds is 4. The van der Waals surface area contributed by atoms with Crippen molar-refractivity contribution in [3.8, 4) is 0 Å². The fourth-order valence-corrected chi connectivity index (χ4v) is 1.44. The van der Waals surface area contributed by atoms with Crippen LogP contribution >= 0.6 is 15.9 Å². The Morgan fingerprint density at radius 1 is 1.29 bits per heavy atom. The van der Waals surface area contributed by atoms with E-state index in [1.54, 1.807) is 18.2 Å². The normalized spacial score (nSPS) is 9.79. The van der Waals surface area contributed by atoms with Crippen LogP contribution in [-0.4, -0.2) is 11.7 Å². The number of hydrogen-bond donors (Lipinski definition) is 1. The average molecular weight is 256 g/mol. The number of primary amides is 1. The monoisotopic (exact) mass is 255 g/mol. The first-order chi connectivity index (χ1) is 6.59. The van der Waals surface area contributed by atoms with Gasteiger partial charge in [0.1, 0.15) is 0 Å². The molecule has 4 heteroatoms. The third-order valence-corrected chi connectivity index (χ3v) is 2.24. The van der Waals surface area contributed by atoms with E-state index in [0.29, 0.717) is 5.56 Å². The zero-order chi connectivity index (χ0) is 10.6. The van der Waals surface area contributed by atoms with Crippen molar-refractivity contribution in [2.24, 2.45) is 5.73 Å². The van der Waals surface area contributed by atoms with Gasteiger partial charge in [0.25, 0.3) is 0 Å². The first kappa shape index (κ1) is 10.9. The molecule has 0 spiro atoms. The second-order valence-corrected chi connectivity index (χ2v) is 3.82. The molecule has 3 nitrogen and oxygen atoms in total. The summed E-state index contributed by atoms with van der Waals surface area (Å²) in [7, 11) is 0. The van der Waals surface area contributed by atoms with Gasteiger partial charge in [0.2, 0.25) is 5.91 Å². The maximum Gasteiger partial charge on any atom is 0.217 e. The summed E-state index contributed by atoms with van der Waals surface area (Å²) >= 11 is 3.27. The topological polar surface area (TPSA) is 60.2 Å². The number of halogens is 1. The molecule has 0 saturated heterocycles. The van der Waals surface area contributed by atoms with E-state index in [1.807, 2.05) is 6.07 Å². The van der Waals surface area contributed by atoms with Crippen molar-refractivity contribution in [2.45, 2.75) is 12.8 Å². The van der Waals surface area contributed by atoms with Crippen molar-refractivity contribution in [3.63, 3.8) is 0 Å². The van der Waals surface area contributed by atoms with Crippen molar-refractivity contribution in [1.29, 1.82) is 0 Å². The molecule has 0 atom stereocenters. The predicted octanol–water partition coefficient (Wildman–Crippen LogP) is 1.90. The lowest BCUT2D eigenvalue weighted by atomic mass is 10.1. The highest BCUT2D eigenvalue weighted by Gasteiger charge is 2.07. The quantitative estimate of drug-likeness (QED) is 0.836. The summed E-state index contributed by atoms with van der Waals surface area (Å²) in [5.74, 6) is -0.515. The number of carbonyl (C=O) groups is 2. The smallest absolute Gasteiger partial charge is 0.217 e. The lowest BCUT2D eigenvalue weighted by Crippen LogP contribution is -2.12. The zero-order valence-corrected chi connectivity index (χ0v) is 9.08. The molecule has 0 heterocycles. The maximum absolute atomic E-state index is 11.5. The van der Waals surface area contributed by atoms with Gasteiger partial charge in [-0.15, -0.1) is 0 Å². The van der Waals surface area contributed by atoms with Crippen molar-refractivity contribution in [2.75, 3.05) is 0 Å². The molecule has 0 saturated carbocycles. The summed E-state index contributed by atoms with van der Waals surface area (Å²) in [6, 6.07) is 7.06.